The van der Waals surface area contributed by atoms with E-state index in [-0.39, 0.29) is 5.69 Å². The van der Waals surface area contributed by atoms with Gasteiger partial charge in [0.2, 0.25) is 0 Å². The molecule has 0 spiro atoms. The van der Waals surface area contributed by atoms with Crippen LogP contribution in [-0.2, 0) is 0 Å². The van der Waals surface area contributed by atoms with Gasteiger partial charge in [-0.05, 0) is 32.2 Å². The lowest BCUT2D eigenvalue weighted by atomic mass is 10.00. The summed E-state index contributed by atoms with van der Waals surface area (Å²) in [6.45, 7) is 0.584. The first-order valence-electron chi connectivity index (χ1n) is 6.59. The van der Waals surface area contributed by atoms with E-state index in [2.05, 4.69) is 16.9 Å². The van der Waals surface area contributed by atoms with Crippen LogP contribution in [0.1, 0.15) is 19.3 Å². The first kappa shape index (κ1) is 12.3. The van der Waals surface area contributed by atoms with Gasteiger partial charge in [-0.25, -0.2) is 0 Å². The van der Waals surface area contributed by atoms with Gasteiger partial charge in [-0.2, -0.15) is 0 Å². The van der Waals surface area contributed by atoms with E-state index in [1.807, 2.05) is 0 Å². The average Bonchev–Trinajstić information content (AvgIpc) is 2.98. The summed E-state index contributed by atoms with van der Waals surface area (Å²) in [5, 5.41) is 10.7. The minimum atomic E-state index is -0.455. The molecule has 6 heteroatoms. The minimum Gasteiger partial charge on any atom is -0.490 e. The zero-order chi connectivity index (χ0) is 13.4. The molecular weight excluding hydrogens is 246 g/mol. The van der Waals surface area contributed by atoms with Gasteiger partial charge in [-0.1, -0.05) is 0 Å². The number of likely N-dealkylation sites (tertiary alicyclic amines) is 1. The third kappa shape index (κ3) is 2.28. The summed E-state index contributed by atoms with van der Waals surface area (Å²) in [5.41, 5.74) is -0.0289. The topological polar surface area (TPSA) is 68.5 Å². The van der Waals surface area contributed by atoms with Crippen LogP contribution in [0, 0.1) is 16.0 Å². The number of nitrogens with zero attached hydrogens (tertiary/aromatic N) is 3. The highest BCUT2D eigenvalue weighted by Gasteiger charge is 2.43. The summed E-state index contributed by atoms with van der Waals surface area (Å²) in [6, 6.07) is 2.56. The van der Waals surface area contributed by atoms with Gasteiger partial charge in [0, 0.05) is 12.1 Å². The number of likely N-dealkylation sites (N-methyl/N-ethyl adjacent to an activating group) is 1. The molecule has 2 heterocycles. The van der Waals surface area contributed by atoms with Gasteiger partial charge in [-0.15, -0.1) is 0 Å². The quantitative estimate of drug-likeness (QED) is 0.612. The number of nitro groups is 1. The SMILES string of the molecule is CN1C2CCC(C2)C1COc1cncc([N+](=O)[O-])c1. The van der Waals surface area contributed by atoms with Crippen LogP contribution in [0.25, 0.3) is 0 Å². The second kappa shape index (κ2) is 4.77. The van der Waals surface area contributed by atoms with Crippen molar-refractivity contribution in [3.05, 3.63) is 28.6 Å². The Balaban J connectivity index is 1.63. The van der Waals surface area contributed by atoms with Crippen molar-refractivity contribution < 1.29 is 9.66 Å². The molecule has 3 unspecified atom stereocenters. The van der Waals surface area contributed by atoms with E-state index in [9.17, 15) is 10.1 Å². The fraction of sp³-hybridized carbons (Fsp3) is 0.615. The average molecular weight is 263 g/mol. The molecule has 0 N–H and O–H groups in total. The van der Waals surface area contributed by atoms with E-state index < -0.39 is 4.92 Å². The number of fused-ring (bicyclic) bond motifs is 2. The Morgan fingerprint density at radius 3 is 3.05 bits per heavy atom. The van der Waals surface area contributed by atoms with Crippen LogP contribution in [0.15, 0.2) is 18.5 Å². The molecule has 1 aromatic heterocycles. The Morgan fingerprint density at radius 2 is 2.37 bits per heavy atom. The summed E-state index contributed by atoms with van der Waals surface area (Å²) in [7, 11) is 2.14. The Morgan fingerprint density at radius 1 is 1.53 bits per heavy atom. The molecule has 2 bridgehead atoms. The Bertz CT molecular complexity index is 492. The Labute approximate surface area is 111 Å². The van der Waals surface area contributed by atoms with Crippen LogP contribution in [0.3, 0.4) is 0 Å². The molecule has 2 aliphatic rings. The lowest BCUT2D eigenvalue weighted by Crippen LogP contribution is -2.41. The maximum atomic E-state index is 10.7. The van der Waals surface area contributed by atoms with E-state index in [1.54, 1.807) is 0 Å². The predicted molar refractivity (Wildman–Crippen MR) is 69.1 cm³/mol. The van der Waals surface area contributed by atoms with Crippen molar-refractivity contribution >= 4 is 5.69 Å². The number of piperidine rings is 1. The van der Waals surface area contributed by atoms with Crippen LogP contribution in [-0.4, -0.2) is 40.5 Å². The second-order valence-electron chi connectivity index (χ2n) is 5.41. The molecule has 102 valence electrons. The van der Waals surface area contributed by atoms with Crippen molar-refractivity contribution in [2.24, 2.45) is 5.92 Å². The lowest BCUT2D eigenvalue weighted by Gasteiger charge is -2.31. The normalized spacial score (nSPS) is 29.6. The zero-order valence-electron chi connectivity index (χ0n) is 10.9. The number of rotatable bonds is 4. The monoisotopic (exact) mass is 263 g/mol. The highest BCUT2D eigenvalue weighted by Crippen LogP contribution is 2.41. The van der Waals surface area contributed by atoms with Crippen molar-refractivity contribution in [2.75, 3.05) is 13.7 Å². The number of pyridine rings is 1. The molecule has 1 aromatic rings. The Kier molecular flexibility index (Phi) is 3.10. The summed E-state index contributed by atoms with van der Waals surface area (Å²) < 4.78 is 5.70. The minimum absolute atomic E-state index is 0.0289. The van der Waals surface area contributed by atoms with Crippen molar-refractivity contribution in [1.29, 1.82) is 0 Å². The molecule has 1 aliphatic carbocycles. The molecule has 0 aromatic carbocycles. The molecule has 1 saturated heterocycles. The van der Waals surface area contributed by atoms with Gasteiger partial charge in [-0.3, -0.25) is 20.0 Å². The van der Waals surface area contributed by atoms with Gasteiger partial charge < -0.3 is 4.74 Å². The molecule has 3 atom stereocenters. The summed E-state index contributed by atoms with van der Waals surface area (Å²) in [6.07, 6.45) is 6.58. The highest BCUT2D eigenvalue weighted by atomic mass is 16.6. The van der Waals surface area contributed by atoms with E-state index in [0.717, 1.165) is 0 Å². The third-order valence-electron chi connectivity index (χ3n) is 4.42. The molecular formula is C13H17N3O3. The number of aromatic nitrogens is 1. The molecule has 2 fully saturated rings. The van der Waals surface area contributed by atoms with Gasteiger partial charge in [0.05, 0.1) is 17.2 Å². The van der Waals surface area contributed by atoms with Crippen LogP contribution in [0.4, 0.5) is 5.69 Å². The third-order valence-corrected chi connectivity index (χ3v) is 4.42. The standard InChI is InChI=1S/C13H17N3O3/c1-15-10-3-2-9(4-10)13(15)8-19-12-5-11(16(17)18)6-14-7-12/h5-7,9-10,13H,2-4,8H2,1H3. The highest BCUT2D eigenvalue weighted by molar-refractivity contribution is 5.33. The van der Waals surface area contributed by atoms with Gasteiger partial charge in [0.15, 0.2) is 0 Å². The van der Waals surface area contributed by atoms with Crippen molar-refractivity contribution in [1.82, 2.24) is 9.88 Å². The number of hydrogen-bond acceptors (Lipinski definition) is 5. The van der Waals surface area contributed by atoms with Crippen LogP contribution >= 0.6 is 0 Å². The van der Waals surface area contributed by atoms with Crippen molar-refractivity contribution in [3.63, 3.8) is 0 Å². The van der Waals surface area contributed by atoms with E-state index in [4.69, 9.17) is 4.74 Å². The zero-order valence-corrected chi connectivity index (χ0v) is 10.9. The molecule has 19 heavy (non-hydrogen) atoms. The molecule has 1 saturated carbocycles. The smallest absolute Gasteiger partial charge is 0.291 e. The van der Waals surface area contributed by atoms with Crippen LogP contribution in [0.5, 0.6) is 5.75 Å². The first-order valence-corrected chi connectivity index (χ1v) is 6.59. The van der Waals surface area contributed by atoms with E-state index in [0.29, 0.717) is 30.4 Å². The van der Waals surface area contributed by atoms with E-state index >= 15 is 0 Å². The number of hydrogen-bond donors (Lipinski definition) is 0. The van der Waals surface area contributed by atoms with Crippen molar-refractivity contribution in [2.45, 2.75) is 31.3 Å². The van der Waals surface area contributed by atoms with Gasteiger partial charge in [0.1, 0.15) is 18.6 Å². The van der Waals surface area contributed by atoms with E-state index in [1.165, 1.54) is 37.7 Å². The maximum Gasteiger partial charge on any atom is 0.291 e. The fourth-order valence-electron chi connectivity index (χ4n) is 3.34. The Hall–Kier alpha value is -1.69. The summed E-state index contributed by atoms with van der Waals surface area (Å²) in [4.78, 5) is 16.4. The van der Waals surface area contributed by atoms with Crippen molar-refractivity contribution in [3.8, 4) is 5.75 Å². The molecule has 0 radical (unpaired) electrons. The van der Waals surface area contributed by atoms with Gasteiger partial charge >= 0.3 is 0 Å². The summed E-state index contributed by atoms with van der Waals surface area (Å²) in [5.74, 6) is 1.19. The molecule has 3 rings (SSSR count). The second-order valence-corrected chi connectivity index (χ2v) is 5.41. The lowest BCUT2D eigenvalue weighted by molar-refractivity contribution is -0.385. The van der Waals surface area contributed by atoms with Gasteiger partial charge in [0.25, 0.3) is 5.69 Å². The maximum absolute atomic E-state index is 10.7. The first-order chi connectivity index (χ1) is 9.15. The van der Waals surface area contributed by atoms with Crippen LogP contribution in [0.2, 0.25) is 0 Å². The molecule has 6 nitrogen and oxygen atoms in total. The predicted octanol–water partition coefficient (Wildman–Crippen LogP) is 1.85. The fourth-order valence-corrected chi connectivity index (χ4v) is 3.34. The van der Waals surface area contributed by atoms with Crippen LogP contribution < -0.4 is 4.74 Å². The number of ether oxygens (including phenoxy) is 1. The largest absolute Gasteiger partial charge is 0.490 e. The molecule has 0 amide bonds. The molecule has 1 aliphatic heterocycles. The summed E-state index contributed by atoms with van der Waals surface area (Å²) >= 11 is 0.